The Morgan fingerprint density at radius 1 is 1.14 bits per heavy atom. The van der Waals surface area contributed by atoms with Crippen molar-refractivity contribution < 1.29 is 4.74 Å². The predicted octanol–water partition coefficient (Wildman–Crippen LogP) is 7.10. The van der Waals surface area contributed by atoms with Crippen LogP contribution in [0.3, 0.4) is 0 Å². The first-order valence-corrected chi connectivity index (χ1v) is 13.2. The number of aryl methyl sites for hydroxylation is 1. The smallest absolute Gasteiger partial charge is 0.143 e. The number of nitrogens with one attached hydrogen (secondary N) is 1. The summed E-state index contributed by atoms with van der Waals surface area (Å²) in [5, 5.41) is 4.16. The molecule has 1 aliphatic rings. The molecule has 1 fully saturated rings. The standard InChI is InChI=1S/C31H40ClN3O/c1-6-25-11-10-12-29(32)31(25)24(5)36-30(22(3)33)21-26(7-2)28-15-13-27(14-16-28)23(4)34-17-20-35-18-8-9-19-35/h7,10-16,21,24,34H,3-4,6,8-9,17-20,33H2,1-2,5H3/b26-7+,30-21+. The first-order valence-electron chi connectivity index (χ1n) is 12.9. The van der Waals surface area contributed by atoms with E-state index in [0.29, 0.717) is 16.5 Å². The van der Waals surface area contributed by atoms with Gasteiger partial charge in [-0.3, -0.25) is 0 Å². The van der Waals surface area contributed by atoms with Crippen LogP contribution in [-0.4, -0.2) is 31.1 Å². The van der Waals surface area contributed by atoms with Crippen LogP contribution in [-0.2, 0) is 11.2 Å². The van der Waals surface area contributed by atoms with Gasteiger partial charge in [-0.15, -0.1) is 0 Å². The topological polar surface area (TPSA) is 50.5 Å². The van der Waals surface area contributed by atoms with Gasteiger partial charge in [0.2, 0.25) is 0 Å². The number of rotatable bonds is 12. The maximum absolute atomic E-state index is 6.52. The highest BCUT2D eigenvalue weighted by molar-refractivity contribution is 6.31. The minimum Gasteiger partial charge on any atom is -0.484 e. The Labute approximate surface area is 222 Å². The fourth-order valence-electron chi connectivity index (χ4n) is 4.61. The normalized spacial score (nSPS) is 15.6. The molecule has 3 rings (SSSR count). The zero-order valence-corrected chi connectivity index (χ0v) is 22.7. The number of nitrogens with two attached hydrogens (primary N) is 1. The van der Waals surface area contributed by atoms with Crippen molar-refractivity contribution in [3.8, 4) is 0 Å². The summed E-state index contributed by atoms with van der Waals surface area (Å²) in [7, 11) is 0. The number of hydrogen-bond acceptors (Lipinski definition) is 4. The molecular formula is C31H40ClN3O. The predicted molar refractivity (Wildman–Crippen MR) is 155 cm³/mol. The highest BCUT2D eigenvalue weighted by Crippen LogP contribution is 2.32. The molecule has 0 aromatic heterocycles. The Hall–Kier alpha value is -2.95. The van der Waals surface area contributed by atoms with E-state index in [0.717, 1.165) is 53.0 Å². The molecule has 0 bridgehead atoms. The van der Waals surface area contributed by atoms with E-state index >= 15 is 0 Å². The summed E-state index contributed by atoms with van der Waals surface area (Å²) in [6.45, 7) is 18.7. The van der Waals surface area contributed by atoms with Crippen LogP contribution >= 0.6 is 11.6 Å². The van der Waals surface area contributed by atoms with Crippen molar-refractivity contribution in [1.82, 2.24) is 10.2 Å². The van der Waals surface area contributed by atoms with Crippen molar-refractivity contribution in [3.05, 3.63) is 107 Å². The number of hydrogen-bond donors (Lipinski definition) is 2. The summed E-state index contributed by atoms with van der Waals surface area (Å²) in [4.78, 5) is 2.49. The Balaban J connectivity index is 1.70. The molecule has 0 amide bonds. The fourth-order valence-corrected chi connectivity index (χ4v) is 4.96. The molecule has 1 heterocycles. The number of nitrogens with zero attached hydrogens (tertiary/aromatic N) is 1. The van der Waals surface area contributed by atoms with Crippen LogP contribution in [0.15, 0.2) is 79.2 Å². The van der Waals surface area contributed by atoms with E-state index in [-0.39, 0.29) is 6.10 Å². The van der Waals surface area contributed by atoms with Crippen molar-refractivity contribution in [3.63, 3.8) is 0 Å². The van der Waals surface area contributed by atoms with E-state index in [4.69, 9.17) is 22.1 Å². The number of ether oxygens (including phenoxy) is 1. The molecule has 2 aromatic carbocycles. The van der Waals surface area contributed by atoms with Crippen LogP contribution in [0.2, 0.25) is 5.02 Å². The van der Waals surface area contributed by atoms with E-state index in [1.54, 1.807) is 0 Å². The van der Waals surface area contributed by atoms with Gasteiger partial charge in [-0.1, -0.05) is 74.2 Å². The van der Waals surface area contributed by atoms with Gasteiger partial charge in [-0.25, -0.2) is 0 Å². The van der Waals surface area contributed by atoms with E-state index in [1.807, 2.05) is 38.1 Å². The Morgan fingerprint density at radius 2 is 1.81 bits per heavy atom. The minimum atomic E-state index is -0.268. The van der Waals surface area contributed by atoms with Gasteiger partial charge in [-0.2, -0.15) is 0 Å². The molecule has 192 valence electrons. The van der Waals surface area contributed by atoms with Gasteiger partial charge in [0.05, 0.1) is 5.70 Å². The number of allylic oxidation sites excluding steroid dienone is 3. The van der Waals surface area contributed by atoms with Gasteiger partial charge in [0.15, 0.2) is 0 Å². The molecule has 1 aliphatic heterocycles. The molecule has 4 nitrogen and oxygen atoms in total. The average molecular weight is 506 g/mol. The molecule has 0 radical (unpaired) electrons. The highest BCUT2D eigenvalue weighted by Gasteiger charge is 2.17. The van der Waals surface area contributed by atoms with E-state index in [1.165, 1.54) is 25.9 Å². The summed E-state index contributed by atoms with van der Waals surface area (Å²) >= 11 is 6.52. The summed E-state index contributed by atoms with van der Waals surface area (Å²) < 4.78 is 6.31. The second-order valence-electron chi connectivity index (χ2n) is 9.24. The van der Waals surface area contributed by atoms with Gasteiger partial charge < -0.3 is 20.7 Å². The van der Waals surface area contributed by atoms with Crippen LogP contribution in [0, 0.1) is 0 Å². The lowest BCUT2D eigenvalue weighted by atomic mass is 10.0. The van der Waals surface area contributed by atoms with Gasteiger partial charge in [0.25, 0.3) is 0 Å². The van der Waals surface area contributed by atoms with Crippen LogP contribution in [0.1, 0.15) is 62.0 Å². The van der Waals surface area contributed by atoms with Crippen molar-refractivity contribution in [2.75, 3.05) is 26.2 Å². The highest BCUT2D eigenvalue weighted by atomic mass is 35.5. The Morgan fingerprint density at radius 3 is 2.42 bits per heavy atom. The van der Waals surface area contributed by atoms with Crippen molar-refractivity contribution in [1.29, 1.82) is 0 Å². The number of likely N-dealkylation sites (tertiary alicyclic amines) is 1. The molecule has 36 heavy (non-hydrogen) atoms. The molecule has 0 spiro atoms. The zero-order valence-electron chi connectivity index (χ0n) is 21.9. The van der Waals surface area contributed by atoms with Crippen molar-refractivity contribution >= 4 is 22.9 Å². The lowest BCUT2D eigenvalue weighted by molar-refractivity contribution is 0.139. The third kappa shape index (κ3) is 7.28. The molecule has 5 heteroatoms. The molecule has 0 saturated carbocycles. The van der Waals surface area contributed by atoms with E-state index in [2.05, 4.69) is 60.6 Å². The summed E-state index contributed by atoms with van der Waals surface area (Å²) in [6, 6.07) is 14.3. The average Bonchev–Trinajstić information content (AvgIpc) is 3.39. The molecule has 1 saturated heterocycles. The molecule has 1 atom stereocenters. The zero-order chi connectivity index (χ0) is 26.1. The van der Waals surface area contributed by atoms with Crippen LogP contribution in [0.5, 0.6) is 0 Å². The lowest BCUT2D eigenvalue weighted by Gasteiger charge is -2.21. The summed E-state index contributed by atoms with van der Waals surface area (Å²) in [5.41, 5.74) is 12.7. The minimum absolute atomic E-state index is 0.268. The Kier molecular flexibility index (Phi) is 10.3. The van der Waals surface area contributed by atoms with E-state index < -0.39 is 0 Å². The molecule has 3 N–H and O–H groups in total. The van der Waals surface area contributed by atoms with Crippen LogP contribution in [0.25, 0.3) is 11.3 Å². The molecule has 2 aromatic rings. The quantitative estimate of drug-likeness (QED) is 0.238. The SMILES string of the molecule is C=C(N)/C(=C\C(=C/C)c1ccc(C(=C)NCCN2CCCC2)cc1)OC(C)c1c(Cl)cccc1CC. The number of halogens is 1. The maximum atomic E-state index is 6.52. The molecular weight excluding hydrogens is 466 g/mol. The van der Waals surface area contributed by atoms with Gasteiger partial charge in [0.1, 0.15) is 11.9 Å². The number of benzene rings is 2. The second-order valence-corrected chi connectivity index (χ2v) is 9.64. The molecule has 1 unspecified atom stereocenters. The maximum Gasteiger partial charge on any atom is 0.143 e. The third-order valence-electron chi connectivity index (χ3n) is 6.68. The van der Waals surface area contributed by atoms with Crippen LogP contribution in [0.4, 0.5) is 0 Å². The first-order chi connectivity index (χ1) is 17.3. The Bertz CT molecular complexity index is 1110. The summed E-state index contributed by atoms with van der Waals surface area (Å²) in [5.74, 6) is 0.537. The van der Waals surface area contributed by atoms with E-state index in [9.17, 15) is 0 Å². The van der Waals surface area contributed by atoms with Gasteiger partial charge in [-0.05, 0) is 80.6 Å². The van der Waals surface area contributed by atoms with Gasteiger partial charge >= 0.3 is 0 Å². The second kappa shape index (κ2) is 13.4. The lowest BCUT2D eigenvalue weighted by Crippen LogP contribution is -2.29. The fraction of sp³-hybridized carbons (Fsp3) is 0.355. The van der Waals surface area contributed by atoms with Gasteiger partial charge in [0, 0.05) is 29.4 Å². The monoisotopic (exact) mass is 505 g/mol. The third-order valence-corrected chi connectivity index (χ3v) is 7.01. The van der Waals surface area contributed by atoms with Crippen molar-refractivity contribution in [2.24, 2.45) is 5.73 Å². The van der Waals surface area contributed by atoms with Crippen LogP contribution < -0.4 is 11.1 Å². The van der Waals surface area contributed by atoms with Crippen molar-refractivity contribution in [2.45, 2.75) is 46.1 Å². The molecule has 0 aliphatic carbocycles. The largest absolute Gasteiger partial charge is 0.484 e. The first kappa shape index (κ1) is 27.6. The summed E-state index contributed by atoms with van der Waals surface area (Å²) in [6.07, 6.45) is 7.22.